The van der Waals surface area contributed by atoms with Crippen LogP contribution in [0.25, 0.3) is 0 Å². The zero-order chi connectivity index (χ0) is 15.5. The first-order valence-corrected chi connectivity index (χ1v) is 8.26. The van der Waals surface area contributed by atoms with Gasteiger partial charge in [0.05, 0.1) is 5.41 Å². The van der Waals surface area contributed by atoms with Crippen molar-refractivity contribution in [2.45, 2.75) is 64.8 Å². The van der Waals surface area contributed by atoms with Crippen molar-refractivity contribution in [1.29, 1.82) is 0 Å². The zero-order valence-corrected chi connectivity index (χ0v) is 13.2. The molecule has 120 valence electrons. The third kappa shape index (κ3) is 3.50. The number of nitrogens with zero attached hydrogens (tertiary/aromatic N) is 1. The molecule has 2 N–H and O–H groups in total. The topological polar surface area (TPSA) is 69.6 Å². The lowest BCUT2D eigenvalue weighted by Gasteiger charge is -2.31. The Morgan fingerprint density at radius 1 is 1.24 bits per heavy atom. The predicted octanol–water partition coefficient (Wildman–Crippen LogP) is 2.85. The molecule has 1 aliphatic heterocycles. The first-order chi connectivity index (χ1) is 9.98. The van der Waals surface area contributed by atoms with Gasteiger partial charge in [0.2, 0.25) is 0 Å². The molecule has 0 aromatic heterocycles. The van der Waals surface area contributed by atoms with Gasteiger partial charge in [-0.2, -0.15) is 0 Å². The Balaban J connectivity index is 1.91. The first-order valence-electron chi connectivity index (χ1n) is 8.26. The van der Waals surface area contributed by atoms with E-state index in [0.717, 1.165) is 19.4 Å². The summed E-state index contributed by atoms with van der Waals surface area (Å²) in [6.45, 7) is 4.54. The molecule has 2 rings (SSSR count). The van der Waals surface area contributed by atoms with Crippen molar-refractivity contribution < 1.29 is 14.7 Å². The van der Waals surface area contributed by atoms with Gasteiger partial charge in [0.25, 0.3) is 0 Å². The van der Waals surface area contributed by atoms with E-state index < -0.39 is 11.4 Å². The van der Waals surface area contributed by atoms with E-state index in [4.69, 9.17) is 0 Å². The normalized spacial score (nSPS) is 25.8. The Morgan fingerprint density at radius 3 is 2.48 bits per heavy atom. The number of hydrogen-bond acceptors (Lipinski definition) is 2. The largest absolute Gasteiger partial charge is 0.481 e. The summed E-state index contributed by atoms with van der Waals surface area (Å²) in [5, 5.41) is 12.1. The van der Waals surface area contributed by atoms with Crippen LogP contribution in [0.4, 0.5) is 4.79 Å². The molecule has 5 heteroatoms. The van der Waals surface area contributed by atoms with Gasteiger partial charge in [-0.25, -0.2) is 4.79 Å². The quantitative estimate of drug-likeness (QED) is 0.819. The van der Waals surface area contributed by atoms with Crippen LogP contribution in [0.1, 0.15) is 58.8 Å². The van der Waals surface area contributed by atoms with E-state index in [2.05, 4.69) is 5.32 Å². The number of carboxylic acid groups (broad SMARTS) is 1. The van der Waals surface area contributed by atoms with Crippen LogP contribution in [0.5, 0.6) is 0 Å². The standard InChI is InChI=1S/C16H28N2O3/c1-3-16(2,14(19)20)11-17-15(21)18-10-6-9-13(18)12-7-4-5-8-12/h12-13H,3-11H2,1-2H3,(H,17,21)(H,19,20). The van der Waals surface area contributed by atoms with Crippen molar-refractivity contribution in [1.82, 2.24) is 10.2 Å². The smallest absolute Gasteiger partial charge is 0.317 e. The Kier molecular flexibility index (Phi) is 5.12. The Morgan fingerprint density at radius 2 is 1.90 bits per heavy atom. The SMILES string of the molecule is CCC(C)(CNC(=O)N1CCCC1C1CCCC1)C(=O)O. The lowest BCUT2D eigenvalue weighted by Crippen LogP contribution is -2.49. The molecule has 1 saturated carbocycles. The summed E-state index contributed by atoms with van der Waals surface area (Å²) in [5.74, 6) is -0.200. The molecule has 2 fully saturated rings. The minimum Gasteiger partial charge on any atom is -0.481 e. The van der Waals surface area contributed by atoms with E-state index in [0.29, 0.717) is 18.4 Å². The number of amides is 2. The van der Waals surface area contributed by atoms with Gasteiger partial charge < -0.3 is 15.3 Å². The highest BCUT2D eigenvalue weighted by Gasteiger charge is 2.37. The summed E-state index contributed by atoms with van der Waals surface area (Å²) in [6.07, 6.45) is 7.70. The molecule has 2 unspecified atom stereocenters. The second-order valence-corrected chi connectivity index (χ2v) is 6.83. The highest BCUT2D eigenvalue weighted by atomic mass is 16.4. The van der Waals surface area contributed by atoms with Crippen LogP contribution in [-0.2, 0) is 4.79 Å². The molecule has 0 spiro atoms. The summed E-state index contributed by atoms with van der Waals surface area (Å²) >= 11 is 0. The monoisotopic (exact) mass is 296 g/mol. The number of carbonyl (C=O) groups is 2. The maximum Gasteiger partial charge on any atom is 0.317 e. The van der Waals surface area contributed by atoms with Gasteiger partial charge in [-0.3, -0.25) is 4.79 Å². The fraction of sp³-hybridized carbons (Fsp3) is 0.875. The van der Waals surface area contributed by atoms with Crippen LogP contribution < -0.4 is 5.32 Å². The number of hydrogen-bond donors (Lipinski definition) is 2. The van der Waals surface area contributed by atoms with Crippen molar-refractivity contribution in [3.05, 3.63) is 0 Å². The van der Waals surface area contributed by atoms with E-state index in [-0.39, 0.29) is 12.6 Å². The maximum atomic E-state index is 12.4. The second kappa shape index (κ2) is 6.67. The molecule has 0 aromatic carbocycles. The fourth-order valence-electron chi connectivity index (χ4n) is 3.60. The maximum absolute atomic E-state index is 12.4. The molecule has 2 amide bonds. The van der Waals surface area contributed by atoms with Crippen molar-refractivity contribution in [3.63, 3.8) is 0 Å². The highest BCUT2D eigenvalue weighted by molar-refractivity contribution is 5.78. The number of urea groups is 1. The van der Waals surface area contributed by atoms with Gasteiger partial charge in [-0.1, -0.05) is 19.8 Å². The Hall–Kier alpha value is -1.26. The number of carbonyl (C=O) groups excluding carboxylic acids is 1. The number of likely N-dealkylation sites (tertiary alicyclic amines) is 1. The molecule has 2 aliphatic rings. The summed E-state index contributed by atoms with van der Waals surface area (Å²) in [7, 11) is 0. The average molecular weight is 296 g/mol. The molecule has 1 saturated heterocycles. The van der Waals surface area contributed by atoms with Gasteiger partial charge in [-0.15, -0.1) is 0 Å². The number of rotatable bonds is 5. The molecular formula is C16H28N2O3. The van der Waals surface area contributed by atoms with Crippen LogP contribution >= 0.6 is 0 Å². The van der Waals surface area contributed by atoms with E-state index in [1.807, 2.05) is 11.8 Å². The minimum absolute atomic E-state index is 0.0784. The molecule has 0 aromatic rings. The molecule has 2 atom stereocenters. The van der Waals surface area contributed by atoms with Gasteiger partial charge in [0.15, 0.2) is 0 Å². The summed E-state index contributed by atoms with van der Waals surface area (Å²) in [5.41, 5.74) is -0.877. The average Bonchev–Trinajstić information content (AvgIpc) is 3.13. The van der Waals surface area contributed by atoms with Crippen LogP contribution in [0.2, 0.25) is 0 Å². The zero-order valence-electron chi connectivity index (χ0n) is 13.2. The van der Waals surface area contributed by atoms with Crippen molar-refractivity contribution >= 4 is 12.0 Å². The van der Waals surface area contributed by atoms with E-state index >= 15 is 0 Å². The predicted molar refractivity (Wildman–Crippen MR) is 81.1 cm³/mol. The van der Waals surface area contributed by atoms with Crippen LogP contribution in [0.3, 0.4) is 0 Å². The molecule has 0 radical (unpaired) electrons. The molecular weight excluding hydrogens is 268 g/mol. The molecule has 21 heavy (non-hydrogen) atoms. The number of nitrogens with one attached hydrogen (secondary N) is 1. The van der Waals surface area contributed by atoms with Gasteiger partial charge in [0, 0.05) is 19.1 Å². The summed E-state index contributed by atoms with van der Waals surface area (Å²) < 4.78 is 0. The number of aliphatic carboxylic acids is 1. The van der Waals surface area contributed by atoms with Gasteiger partial charge >= 0.3 is 12.0 Å². The van der Waals surface area contributed by atoms with E-state index in [1.54, 1.807) is 6.92 Å². The van der Waals surface area contributed by atoms with Crippen LogP contribution in [-0.4, -0.2) is 41.1 Å². The first kappa shape index (κ1) is 16.1. The number of carboxylic acids is 1. The van der Waals surface area contributed by atoms with Gasteiger partial charge in [0.1, 0.15) is 0 Å². The third-order valence-corrected chi connectivity index (χ3v) is 5.43. The molecule has 5 nitrogen and oxygen atoms in total. The molecule has 1 aliphatic carbocycles. The molecule has 1 heterocycles. The minimum atomic E-state index is -0.877. The lowest BCUT2D eigenvalue weighted by molar-refractivity contribution is -0.147. The summed E-state index contributed by atoms with van der Waals surface area (Å²) in [4.78, 5) is 25.7. The highest BCUT2D eigenvalue weighted by Crippen LogP contribution is 2.35. The fourth-order valence-corrected chi connectivity index (χ4v) is 3.60. The molecule has 0 bridgehead atoms. The van der Waals surface area contributed by atoms with E-state index in [9.17, 15) is 14.7 Å². The van der Waals surface area contributed by atoms with Crippen molar-refractivity contribution in [2.75, 3.05) is 13.1 Å². The second-order valence-electron chi connectivity index (χ2n) is 6.83. The van der Waals surface area contributed by atoms with E-state index in [1.165, 1.54) is 25.7 Å². The van der Waals surface area contributed by atoms with Gasteiger partial charge in [-0.05, 0) is 44.9 Å². The van der Waals surface area contributed by atoms with Crippen LogP contribution in [0, 0.1) is 11.3 Å². The lowest BCUT2D eigenvalue weighted by atomic mass is 9.88. The van der Waals surface area contributed by atoms with Crippen molar-refractivity contribution in [2.24, 2.45) is 11.3 Å². The van der Waals surface area contributed by atoms with Crippen molar-refractivity contribution in [3.8, 4) is 0 Å². The Bertz CT molecular complexity index is 393. The third-order valence-electron chi connectivity index (χ3n) is 5.43. The Labute approximate surface area is 127 Å². The summed E-state index contributed by atoms with van der Waals surface area (Å²) in [6, 6.07) is 0.288. The van der Waals surface area contributed by atoms with Crippen LogP contribution in [0.15, 0.2) is 0 Å².